The number of aryl methyl sites for hydroxylation is 2. The largest absolute Gasteiger partial charge is 0.494 e. The first-order valence-corrected chi connectivity index (χ1v) is 17.8. The molecule has 0 radical (unpaired) electrons. The SMILES string of the molecule is C=CCN(C(=O)[C@@H]1[C@H]2C(=O)N([C@H](CO)c3ccccc3)C(C(=O)N(CC=C)c3cc(C)ccc3C)C23CC(C)[C@@]1(C)O3)c1ccc(OCC)cc1. The van der Waals surface area contributed by atoms with E-state index in [-0.39, 0.29) is 36.7 Å². The first kappa shape index (κ1) is 36.1. The first-order valence-electron chi connectivity index (χ1n) is 17.8. The van der Waals surface area contributed by atoms with E-state index in [0.717, 1.165) is 11.1 Å². The van der Waals surface area contributed by atoms with Crippen molar-refractivity contribution < 1.29 is 29.0 Å². The summed E-state index contributed by atoms with van der Waals surface area (Å²) in [6.45, 7) is 18.1. The van der Waals surface area contributed by atoms with E-state index < -0.39 is 41.7 Å². The number of hydrogen-bond acceptors (Lipinski definition) is 6. The predicted octanol–water partition coefficient (Wildman–Crippen LogP) is 6.18. The maximum Gasteiger partial charge on any atom is 0.253 e. The molecule has 0 aliphatic carbocycles. The summed E-state index contributed by atoms with van der Waals surface area (Å²) in [6.07, 6.45) is 3.72. The van der Waals surface area contributed by atoms with Gasteiger partial charge in [0, 0.05) is 24.5 Å². The molecule has 9 nitrogen and oxygen atoms in total. The molecule has 3 heterocycles. The van der Waals surface area contributed by atoms with Crippen LogP contribution in [-0.2, 0) is 19.1 Å². The van der Waals surface area contributed by atoms with Gasteiger partial charge < -0.3 is 29.3 Å². The lowest BCUT2D eigenvalue weighted by atomic mass is 9.62. The molecule has 3 aromatic rings. The van der Waals surface area contributed by atoms with E-state index in [0.29, 0.717) is 35.7 Å². The van der Waals surface area contributed by atoms with Crippen molar-refractivity contribution in [3.63, 3.8) is 0 Å². The molecular formula is C42H49N3O6. The van der Waals surface area contributed by atoms with Crippen molar-refractivity contribution in [1.82, 2.24) is 4.90 Å². The molecule has 0 saturated carbocycles. The van der Waals surface area contributed by atoms with Crippen LogP contribution in [0.1, 0.15) is 49.9 Å². The molecule has 2 bridgehead atoms. The Balaban J connectivity index is 1.51. The van der Waals surface area contributed by atoms with Crippen LogP contribution in [0.3, 0.4) is 0 Å². The average molecular weight is 692 g/mol. The van der Waals surface area contributed by atoms with Gasteiger partial charge in [-0.3, -0.25) is 14.4 Å². The van der Waals surface area contributed by atoms with Gasteiger partial charge in [-0.05, 0) is 87.1 Å². The van der Waals surface area contributed by atoms with E-state index in [1.165, 1.54) is 4.90 Å². The second kappa shape index (κ2) is 14.1. The lowest BCUT2D eigenvalue weighted by Crippen LogP contribution is -2.58. The van der Waals surface area contributed by atoms with Gasteiger partial charge in [-0.2, -0.15) is 0 Å². The first-order chi connectivity index (χ1) is 24.5. The minimum absolute atomic E-state index is 0.172. The zero-order chi connectivity index (χ0) is 36.7. The number of carbonyl (C=O) groups excluding carboxylic acids is 3. The second-order valence-electron chi connectivity index (χ2n) is 14.3. The number of nitrogens with zero attached hydrogens (tertiary/aromatic N) is 3. The molecule has 9 heteroatoms. The summed E-state index contributed by atoms with van der Waals surface area (Å²) >= 11 is 0. The number of aliphatic hydroxyl groups is 1. The molecule has 3 aliphatic rings. The lowest BCUT2D eigenvalue weighted by Gasteiger charge is -2.40. The number of carbonyl (C=O) groups is 3. The zero-order valence-corrected chi connectivity index (χ0v) is 30.2. The van der Waals surface area contributed by atoms with Crippen LogP contribution >= 0.6 is 0 Å². The van der Waals surface area contributed by atoms with Crippen molar-refractivity contribution in [2.75, 3.05) is 36.1 Å². The predicted molar refractivity (Wildman–Crippen MR) is 199 cm³/mol. The van der Waals surface area contributed by atoms with Crippen molar-refractivity contribution in [1.29, 1.82) is 0 Å². The number of anilines is 2. The van der Waals surface area contributed by atoms with Gasteiger partial charge in [0.25, 0.3) is 5.91 Å². The van der Waals surface area contributed by atoms with Gasteiger partial charge in [0.05, 0.1) is 36.7 Å². The van der Waals surface area contributed by atoms with Gasteiger partial charge >= 0.3 is 0 Å². The fourth-order valence-corrected chi connectivity index (χ4v) is 8.80. The van der Waals surface area contributed by atoms with E-state index in [1.807, 2.05) is 107 Å². The summed E-state index contributed by atoms with van der Waals surface area (Å²) in [4.78, 5) is 50.5. The highest BCUT2D eigenvalue weighted by Crippen LogP contribution is 2.66. The highest BCUT2D eigenvalue weighted by Gasteiger charge is 2.80. The van der Waals surface area contributed by atoms with Crippen LogP contribution in [0.15, 0.2) is 98.1 Å². The van der Waals surface area contributed by atoms with Crippen LogP contribution in [-0.4, -0.2) is 71.3 Å². The number of ether oxygens (including phenoxy) is 2. The second-order valence-corrected chi connectivity index (χ2v) is 14.3. The molecule has 7 atom stereocenters. The van der Waals surface area contributed by atoms with Crippen LogP contribution in [0.25, 0.3) is 0 Å². The van der Waals surface area contributed by atoms with E-state index in [1.54, 1.807) is 22.0 Å². The molecule has 3 fully saturated rings. The summed E-state index contributed by atoms with van der Waals surface area (Å²) in [6, 6.07) is 20.5. The molecule has 3 unspecified atom stereocenters. The van der Waals surface area contributed by atoms with Gasteiger partial charge in [0.1, 0.15) is 17.4 Å². The Bertz CT molecular complexity index is 1810. The molecule has 6 rings (SSSR count). The zero-order valence-electron chi connectivity index (χ0n) is 30.2. The summed E-state index contributed by atoms with van der Waals surface area (Å²) in [7, 11) is 0. The molecule has 1 spiro atoms. The van der Waals surface area contributed by atoms with Gasteiger partial charge in [0.2, 0.25) is 11.8 Å². The molecule has 268 valence electrons. The number of amides is 3. The summed E-state index contributed by atoms with van der Waals surface area (Å²) < 4.78 is 12.7. The summed E-state index contributed by atoms with van der Waals surface area (Å²) in [5.74, 6) is -2.38. The Hall–Kier alpha value is -4.73. The Morgan fingerprint density at radius 2 is 1.69 bits per heavy atom. The van der Waals surface area contributed by atoms with Crippen LogP contribution in [0, 0.1) is 31.6 Å². The van der Waals surface area contributed by atoms with Crippen molar-refractivity contribution >= 4 is 29.1 Å². The highest BCUT2D eigenvalue weighted by atomic mass is 16.5. The van der Waals surface area contributed by atoms with Gasteiger partial charge in [-0.1, -0.05) is 61.5 Å². The monoisotopic (exact) mass is 691 g/mol. The molecule has 3 aromatic carbocycles. The molecular weight excluding hydrogens is 642 g/mol. The van der Waals surface area contributed by atoms with Crippen molar-refractivity contribution in [2.45, 2.75) is 64.3 Å². The fourth-order valence-electron chi connectivity index (χ4n) is 8.80. The van der Waals surface area contributed by atoms with Crippen molar-refractivity contribution in [2.24, 2.45) is 17.8 Å². The quantitative estimate of drug-likeness (QED) is 0.215. The maximum absolute atomic E-state index is 15.4. The molecule has 1 N–H and O–H groups in total. The van der Waals surface area contributed by atoms with E-state index in [2.05, 4.69) is 13.2 Å². The topological polar surface area (TPSA) is 99.6 Å². The molecule has 3 amide bonds. The Morgan fingerprint density at radius 3 is 2.31 bits per heavy atom. The van der Waals surface area contributed by atoms with Gasteiger partial charge in [-0.25, -0.2) is 0 Å². The summed E-state index contributed by atoms with van der Waals surface area (Å²) in [5, 5.41) is 11.0. The van der Waals surface area contributed by atoms with E-state index >= 15 is 14.4 Å². The fraction of sp³-hybridized carbons (Fsp3) is 0.405. The summed E-state index contributed by atoms with van der Waals surface area (Å²) in [5.41, 5.74) is 1.52. The minimum atomic E-state index is -1.33. The Labute approximate surface area is 301 Å². The third kappa shape index (κ3) is 5.86. The third-order valence-electron chi connectivity index (χ3n) is 11.2. The van der Waals surface area contributed by atoms with Crippen molar-refractivity contribution in [3.8, 4) is 5.75 Å². The van der Waals surface area contributed by atoms with Crippen LogP contribution < -0.4 is 14.5 Å². The third-order valence-corrected chi connectivity index (χ3v) is 11.2. The van der Waals surface area contributed by atoms with Gasteiger partial charge in [-0.15, -0.1) is 13.2 Å². The number of benzene rings is 3. The van der Waals surface area contributed by atoms with Crippen LogP contribution in [0.5, 0.6) is 5.75 Å². The van der Waals surface area contributed by atoms with Crippen LogP contribution in [0.4, 0.5) is 11.4 Å². The smallest absolute Gasteiger partial charge is 0.253 e. The van der Waals surface area contributed by atoms with E-state index in [9.17, 15) is 5.11 Å². The number of fused-ring (bicyclic) bond motifs is 1. The molecule has 3 saturated heterocycles. The van der Waals surface area contributed by atoms with E-state index in [4.69, 9.17) is 9.47 Å². The normalized spacial score (nSPS) is 26.8. The molecule has 0 aromatic heterocycles. The Morgan fingerprint density at radius 1 is 1.02 bits per heavy atom. The van der Waals surface area contributed by atoms with Crippen molar-refractivity contribution in [3.05, 3.63) is 115 Å². The molecule has 3 aliphatic heterocycles. The lowest BCUT2D eigenvalue weighted by molar-refractivity contribution is -0.149. The maximum atomic E-state index is 15.4. The minimum Gasteiger partial charge on any atom is -0.494 e. The standard InChI is InChI=1S/C42H49N3O6/c1-8-22-43(31-18-20-32(21-19-31)50-10-3)38(47)35-36-39(48)45(34(26-46)30-14-12-11-13-15-30)37(42(36)25-29(6)41(35,7)51-42)40(49)44(23-9-2)33-24-27(4)16-17-28(33)5/h8-9,11-21,24,29,34-37,46H,1-2,10,22-23,25-26H2,3-7H3/t29?,34-,35+,36+,37?,41-,42?/m1/s1. The van der Waals surface area contributed by atoms with Gasteiger partial charge in [0.15, 0.2) is 0 Å². The average Bonchev–Trinajstić information content (AvgIpc) is 3.64. The number of hydrogen-bond donors (Lipinski definition) is 1. The molecule has 51 heavy (non-hydrogen) atoms. The van der Waals surface area contributed by atoms with Crippen LogP contribution in [0.2, 0.25) is 0 Å². The Kier molecular flexibility index (Phi) is 9.99. The number of rotatable bonds is 13. The highest BCUT2D eigenvalue weighted by molar-refractivity contribution is 6.07. The number of aliphatic hydroxyl groups excluding tert-OH is 1. The number of likely N-dealkylation sites (tertiary alicyclic amines) is 1.